The van der Waals surface area contributed by atoms with Crippen LogP contribution >= 0.6 is 0 Å². The molecule has 0 atom stereocenters. The van der Waals surface area contributed by atoms with E-state index in [0.717, 1.165) is 17.7 Å². The molecule has 1 aromatic rings. The normalized spacial score (nSPS) is 10.1. The summed E-state index contributed by atoms with van der Waals surface area (Å²) < 4.78 is 5.20. The summed E-state index contributed by atoms with van der Waals surface area (Å²) in [5.74, 6) is 0.690. The Labute approximate surface area is 102 Å². The van der Waals surface area contributed by atoms with Crippen molar-refractivity contribution in [3.63, 3.8) is 0 Å². The first-order chi connectivity index (χ1) is 8.22. The van der Waals surface area contributed by atoms with Crippen molar-refractivity contribution in [3.8, 4) is 5.75 Å². The Bertz CT molecular complexity index is 377. The summed E-state index contributed by atoms with van der Waals surface area (Å²) in [6, 6.07) is 5.39. The monoisotopic (exact) mass is 237 g/mol. The number of hydrogen-bond donors (Lipinski definition) is 2. The van der Waals surface area contributed by atoms with Crippen molar-refractivity contribution in [2.45, 2.75) is 19.8 Å². The Morgan fingerprint density at radius 3 is 2.82 bits per heavy atom. The number of aliphatic hydroxyl groups excluding tert-OH is 1. The number of carbonyl (C=O) groups excluding carboxylic acids is 1. The molecule has 0 saturated heterocycles. The van der Waals surface area contributed by atoms with Gasteiger partial charge in [-0.3, -0.25) is 4.79 Å². The molecule has 0 heterocycles. The van der Waals surface area contributed by atoms with Crippen molar-refractivity contribution in [1.29, 1.82) is 0 Å². The molecule has 0 unspecified atom stereocenters. The van der Waals surface area contributed by atoms with E-state index in [0.29, 0.717) is 18.5 Å². The van der Waals surface area contributed by atoms with Gasteiger partial charge in [-0.1, -0.05) is 6.92 Å². The molecule has 94 valence electrons. The van der Waals surface area contributed by atoms with Crippen LogP contribution in [0, 0.1) is 0 Å². The minimum Gasteiger partial charge on any atom is -0.496 e. The van der Waals surface area contributed by atoms with Gasteiger partial charge in [0, 0.05) is 18.7 Å². The van der Waals surface area contributed by atoms with E-state index in [1.807, 2.05) is 13.0 Å². The fourth-order valence-corrected chi connectivity index (χ4v) is 1.58. The molecule has 0 aliphatic carbocycles. The van der Waals surface area contributed by atoms with Crippen LogP contribution in [0.2, 0.25) is 0 Å². The molecule has 17 heavy (non-hydrogen) atoms. The maximum atomic E-state index is 11.8. The van der Waals surface area contributed by atoms with Crippen LogP contribution in [0.4, 0.5) is 0 Å². The SMILES string of the molecule is CCc1cc(C(=O)NCCCO)ccc1OC. The second kappa shape index (κ2) is 6.91. The maximum absolute atomic E-state index is 11.8. The lowest BCUT2D eigenvalue weighted by Gasteiger charge is -2.09. The zero-order chi connectivity index (χ0) is 12.7. The van der Waals surface area contributed by atoms with Crippen LogP contribution in [0.15, 0.2) is 18.2 Å². The maximum Gasteiger partial charge on any atom is 0.251 e. The average Bonchev–Trinajstić information content (AvgIpc) is 2.38. The van der Waals surface area contributed by atoms with Crippen LogP contribution in [-0.4, -0.2) is 31.3 Å². The number of benzene rings is 1. The second-order valence-corrected chi connectivity index (χ2v) is 3.71. The topological polar surface area (TPSA) is 58.6 Å². The fraction of sp³-hybridized carbons (Fsp3) is 0.462. The van der Waals surface area contributed by atoms with Gasteiger partial charge < -0.3 is 15.2 Å². The molecule has 4 heteroatoms. The first-order valence-corrected chi connectivity index (χ1v) is 5.78. The van der Waals surface area contributed by atoms with Gasteiger partial charge in [-0.05, 0) is 36.6 Å². The first kappa shape index (κ1) is 13.5. The standard InChI is InChI=1S/C13H19NO3/c1-3-10-9-11(5-6-12(10)17-2)13(16)14-7-4-8-15/h5-6,9,15H,3-4,7-8H2,1-2H3,(H,14,16). The van der Waals surface area contributed by atoms with E-state index in [-0.39, 0.29) is 12.5 Å². The molecule has 0 fully saturated rings. The minimum absolute atomic E-state index is 0.0864. The predicted molar refractivity (Wildman–Crippen MR) is 66.4 cm³/mol. The van der Waals surface area contributed by atoms with Crippen molar-refractivity contribution < 1.29 is 14.6 Å². The predicted octanol–water partition coefficient (Wildman–Crippen LogP) is 1.37. The fourth-order valence-electron chi connectivity index (χ4n) is 1.58. The minimum atomic E-state index is -0.115. The molecule has 0 saturated carbocycles. The summed E-state index contributed by atoms with van der Waals surface area (Å²) in [6.45, 7) is 2.59. The molecule has 1 amide bonds. The van der Waals surface area contributed by atoms with Crippen LogP contribution in [0.1, 0.15) is 29.3 Å². The molecule has 0 aromatic heterocycles. The molecule has 0 aliphatic heterocycles. The van der Waals surface area contributed by atoms with E-state index in [9.17, 15) is 4.79 Å². The summed E-state index contributed by atoms with van der Waals surface area (Å²) in [4.78, 5) is 11.8. The molecule has 0 spiro atoms. The Morgan fingerprint density at radius 2 is 2.24 bits per heavy atom. The number of aliphatic hydroxyl groups is 1. The third-order valence-electron chi connectivity index (χ3n) is 2.54. The van der Waals surface area contributed by atoms with Crippen LogP contribution in [-0.2, 0) is 6.42 Å². The molecule has 4 nitrogen and oxygen atoms in total. The Balaban J connectivity index is 2.74. The number of amides is 1. The van der Waals surface area contributed by atoms with Crippen molar-refractivity contribution in [1.82, 2.24) is 5.32 Å². The molecule has 1 rings (SSSR count). The van der Waals surface area contributed by atoms with Crippen LogP contribution in [0.5, 0.6) is 5.75 Å². The van der Waals surface area contributed by atoms with Gasteiger partial charge in [-0.2, -0.15) is 0 Å². The molecule has 0 radical (unpaired) electrons. The van der Waals surface area contributed by atoms with Crippen molar-refractivity contribution in [2.75, 3.05) is 20.3 Å². The number of carbonyl (C=O) groups is 1. The largest absolute Gasteiger partial charge is 0.496 e. The van der Waals surface area contributed by atoms with Gasteiger partial charge in [0.05, 0.1) is 7.11 Å². The molecule has 2 N–H and O–H groups in total. The summed E-state index contributed by atoms with van der Waals surface area (Å²) in [6.07, 6.45) is 1.39. The quantitative estimate of drug-likeness (QED) is 0.735. The third-order valence-corrected chi connectivity index (χ3v) is 2.54. The smallest absolute Gasteiger partial charge is 0.251 e. The van der Waals surface area contributed by atoms with Crippen molar-refractivity contribution >= 4 is 5.91 Å². The van der Waals surface area contributed by atoms with Gasteiger partial charge in [0.1, 0.15) is 5.75 Å². The van der Waals surface area contributed by atoms with Gasteiger partial charge in [0.15, 0.2) is 0 Å². The molecule has 0 bridgehead atoms. The van der Waals surface area contributed by atoms with E-state index < -0.39 is 0 Å². The van der Waals surface area contributed by atoms with Gasteiger partial charge in [0.2, 0.25) is 0 Å². The summed E-state index contributed by atoms with van der Waals surface area (Å²) >= 11 is 0. The first-order valence-electron chi connectivity index (χ1n) is 5.78. The zero-order valence-corrected chi connectivity index (χ0v) is 10.3. The van der Waals surface area contributed by atoms with Crippen molar-refractivity contribution in [2.24, 2.45) is 0 Å². The Kier molecular flexibility index (Phi) is 5.49. The van der Waals surface area contributed by atoms with Gasteiger partial charge in [-0.25, -0.2) is 0 Å². The van der Waals surface area contributed by atoms with E-state index in [4.69, 9.17) is 9.84 Å². The van der Waals surface area contributed by atoms with Crippen LogP contribution in [0.3, 0.4) is 0 Å². The van der Waals surface area contributed by atoms with Gasteiger partial charge >= 0.3 is 0 Å². The van der Waals surface area contributed by atoms with Crippen molar-refractivity contribution in [3.05, 3.63) is 29.3 Å². The van der Waals surface area contributed by atoms with E-state index in [1.165, 1.54) is 0 Å². The number of ether oxygens (including phenoxy) is 1. The second-order valence-electron chi connectivity index (χ2n) is 3.71. The zero-order valence-electron chi connectivity index (χ0n) is 10.3. The highest BCUT2D eigenvalue weighted by Gasteiger charge is 2.08. The van der Waals surface area contributed by atoms with Crippen LogP contribution < -0.4 is 10.1 Å². The Morgan fingerprint density at radius 1 is 1.47 bits per heavy atom. The van der Waals surface area contributed by atoms with E-state index >= 15 is 0 Å². The third kappa shape index (κ3) is 3.75. The number of hydrogen-bond acceptors (Lipinski definition) is 3. The highest BCUT2D eigenvalue weighted by atomic mass is 16.5. The number of aryl methyl sites for hydroxylation is 1. The Hall–Kier alpha value is -1.55. The summed E-state index contributed by atoms with van der Waals surface area (Å²) in [5, 5.41) is 11.4. The molecular formula is C13H19NO3. The lowest BCUT2D eigenvalue weighted by Crippen LogP contribution is -2.25. The highest BCUT2D eigenvalue weighted by molar-refractivity contribution is 5.94. The summed E-state index contributed by atoms with van der Waals surface area (Å²) in [5.41, 5.74) is 1.64. The van der Waals surface area contributed by atoms with Gasteiger partial charge in [0.25, 0.3) is 5.91 Å². The van der Waals surface area contributed by atoms with E-state index in [1.54, 1.807) is 19.2 Å². The number of rotatable bonds is 6. The summed E-state index contributed by atoms with van der Waals surface area (Å²) in [7, 11) is 1.62. The highest BCUT2D eigenvalue weighted by Crippen LogP contribution is 2.20. The lowest BCUT2D eigenvalue weighted by molar-refractivity contribution is 0.0951. The average molecular weight is 237 g/mol. The molecular weight excluding hydrogens is 218 g/mol. The lowest BCUT2D eigenvalue weighted by atomic mass is 10.1. The molecule has 1 aromatic carbocycles. The van der Waals surface area contributed by atoms with E-state index in [2.05, 4.69) is 5.32 Å². The number of nitrogens with one attached hydrogen (secondary N) is 1. The number of methoxy groups -OCH3 is 1. The molecule has 0 aliphatic rings. The van der Waals surface area contributed by atoms with Crippen LogP contribution in [0.25, 0.3) is 0 Å². The van der Waals surface area contributed by atoms with Gasteiger partial charge in [-0.15, -0.1) is 0 Å².